The van der Waals surface area contributed by atoms with Gasteiger partial charge in [0.1, 0.15) is 11.6 Å². The van der Waals surface area contributed by atoms with E-state index in [1.807, 2.05) is 6.33 Å². The molecular weight excluding hydrogens is 550 g/mol. The fourth-order valence-electron chi connectivity index (χ4n) is 5.40. The minimum Gasteiger partial charge on any atom is -0.368 e. The average molecular weight is 591 g/mol. The third kappa shape index (κ3) is 7.39. The molecule has 43 heavy (non-hydrogen) atoms. The fourth-order valence-corrected chi connectivity index (χ4v) is 5.40. The Balaban J connectivity index is 1.35. The van der Waals surface area contributed by atoms with Crippen LogP contribution in [0.3, 0.4) is 0 Å². The molecule has 1 aliphatic rings. The molecule has 2 amide bonds. The second-order valence-corrected chi connectivity index (χ2v) is 11.2. The van der Waals surface area contributed by atoms with Crippen molar-refractivity contribution in [2.75, 3.05) is 48.3 Å². The number of nitrogens with one attached hydrogen (secondary N) is 2. The van der Waals surface area contributed by atoms with Crippen molar-refractivity contribution in [3.63, 3.8) is 0 Å². The summed E-state index contributed by atoms with van der Waals surface area (Å²) in [6, 6.07) is 11.1. The van der Waals surface area contributed by atoms with E-state index in [1.165, 1.54) is 24.5 Å². The van der Waals surface area contributed by atoms with Crippen LogP contribution in [0.2, 0.25) is 0 Å². The maximum absolute atomic E-state index is 14.1. The summed E-state index contributed by atoms with van der Waals surface area (Å²) < 4.78 is 29.4. The van der Waals surface area contributed by atoms with Gasteiger partial charge in [-0.15, -0.1) is 0 Å². The number of halogens is 2. The van der Waals surface area contributed by atoms with Crippen LogP contribution in [0.5, 0.6) is 0 Å². The number of amides is 2. The van der Waals surface area contributed by atoms with Gasteiger partial charge in [-0.3, -0.25) is 0 Å². The van der Waals surface area contributed by atoms with E-state index in [4.69, 9.17) is 15.0 Å². The van der Waals surface area contributed by atoms with Gasteiger partial charge in [0.05, 0.1) is 18.6 Å². The van der Waals surface area contributed by atoms with Crippen molar-refractivity contribution in [2.24, 2.45) is 5.92 Å². The van der Waals surface area contributed by atoms with Crippen LogP contribution in [0.15, 0.2) is 48.8 Å². The van der Waals surface area contributed by atoms with E-state index in [9.17, 15) is 13.6 Å². The molecule has 2 aromatic heterocycles. The second kappa shape index (κ2) is 13.8. The number of carbonyl (C=O) groups is 1. The monoisotopic (exact) mass is 590 g/mol. The van der Waals surface area contributed by atoms with Crippen LogP contribution in [-0.4, -0.2) is 63.2 Å². The highest BCUT2D eigenvalue weighted by atomic mass is 19.1. The SMILES string of the molecule is CCCCC(CC)CNc1nc(N2CCN(C(=O)Nc3ccc(F)cc3F)CC2)nc2c1ncn2Cc1cccc(C)c1. The van der Waals surface area contributed by atoms with Gasteiger partial charge < -0.3 is 25.0 Å². The molecule has 1 fully saturated rings. The summed E-state index contributed by atoms with van der Waals surface area (Å²) in [5, 5.41) is 6.13. The molecule has 5 rings (SSSR count). The van der Waals surface area contributed by atoms with Gasteiger partial charge in [-0.25, -0.2) is 18.6 Å². The van der Waals surface area contributed by atoms with Crippen molar-refractivity contribution in [3.05, 3.63) is 71.6 Å². The van der Waals surface area contributed by atoms with Gasteiger partial charge in [0.25, 0.3) is 0 Å². The van der Waals surface area contributed by atoms with Gasteiger partial charge in [-0.05, 0) is 37.0 Å². The lowest BCUT2D eigenvalue weighted by molar-refractivity contribution is 0.208. The zero-order valence-electron chi connectivity index (χ0n) is 25.1. The molecule has 2 aromatic carbocycles. The summed E-state index contributed by atoms with van der Waals surface area (Å²) >= 11 is 0. The van der Waals surface area contributed by atoms with E-state index in [-0.39, 0.29) is 5.69 Å². The molecule has 9 nitrogen and oxygen atoms in total. The lowest BCUT2D eigenvalue weighted by Crippen LogP contribution is -2.50. The number of nitrogens with zero attached hydrogens (tertiary/aromatic N) is 6. The Morgan fingerprint density at radius 3 is 2.58 bits per heavy atom. The Morgan fingerprint density at radius 2 is 1.86 bits per heavy atom. The minimum absolute atomic E-state index is 0.0514. The number of unbranched alkanes of at least 4 members (excludes halogenated alkanes) is 1. The van der Waals surface area contributed by atoms with Gasteiger partial charge in [-0.2, -0.15) is 9.97 Å². The van der Waals surface area contributed by atoms with Gasteiger partial charge in [0.15, 0.2) is 17.0 Å². The molecule has 1 saturated heterocycles. The number of hydrogen-bond donors (Lipinski definition) is 2. The molecule has 3 heterocycles. The first kappa shape index (κ1) is 30.2. The summed E-state index contributed by atoms with van der Waals surface area (Å²) in [7, 11) is 0. The molecule has 11 heteroatoms. The maximum Gasteiger partial charge on any atom is 0.322 e. The average Bonchev–Trinajstić information content (AvgIpc) is 3.41. The molecule has 1 unspecified atom stereocenters. The van der Waals surface area contributed by atoms with E-state index >= 15 is 0 Å². The zero-order valence-corrected chi connectivity index (χ0v) is 25.1. The number of piperazine rings is 1. The number of aromatic nitrogens is 4. The van der Waals surface area contributed by atoms with Crippen LogP contribution in [0.25, 0.3) is 11.2 Å². The molecule has 2 N–H and O–H groups in total. The molecule has 1 atom stereocenters. The molecule has 0 saturated carbocycles. The first-order valence-electron chi connectivity index (χ1n) is 15.1. The Morgan fingerprint density at radius 1 is 1.05 bits per heavy atom. The van der Waals surface area contributed by atoms with E-state index < -0.39 is 17.7 Å². The second-order valence-electron chi connectivity index (χ2n) is 11.2. The van der Waals surface area contributed by atoms with Crippen molar-refractivity contribution in [1.82, 2.24) is 24.4 Å². The number of carbonyl (C=O) groups excluding carboxylic acids is 1. The normalized spacial score (nSPS) is 14.3. The van der Waals surface area contributed by atoms with E-state index in [0.717, 1.165) is 48.2 Å². The van der Waals surface area contributed by atoms with Crippen LogP contribution in [0.4, 0.5) is 31.0 Å². The third-order valence-electron chi connectivity index (χ3n) is 8.01. The van der Waals surface area contributed by atoms with E-state index in [2.05, 4.69) is 65.1 Å². The number of imidazole rings is 1. The molecule has 1 aliphatic heterocycles. The molecule has 0 spiro atoms. The number of benzene rings is 2. The summed E-state index contributed by atoms with van der Waals surface area (Å²) in [6.45, 7) is 9.76. The number of rotatable bonds is 11. The van der Waals surface area contributed by atoms with E-state index in [0.29, 0.717) is 50.4 Å². The van der Waals surface area contributed by atoms with Crippen LogP contribution >= 0.6 is 0 Å². The maximum atomic E-state index is 14.1. The highest BCUT2D eigenvalue weighted by molar-refractivity contribution is 5.89. The summed E-state index contributed by atoms with van der Waals surface area (Å²) in [4.78, 5) is 31.1. The molecule has 0 radical (unpaired) electrons. The lowest BCUT2D eigenvalue weighted by atomic mass is 9.99. The third-order valence-corrected chi connectivity index (χ3v) is 8.01. The molecule has 4 aromatic rings. The van der Waals surface area contributed by atoms with Crippen molar-refractivity contribution < 1.29 is 13.6 Å². The number of hydrogen-bond acceptors (Lipinski definition) is 6. The van der Waals surface area contributed by atoms with Gasteiger partial charge >= 0.3 is 6.03 Å². The van der Waals surface area contributed by atoms with Crippen molar-refractivity contribution >= 4 is 34.6 Å². The van der Waals surface area contributed by atoms with Crippen molar-refractivity contribution in [1.29, 1.82) is 0 Å². The van der Waals surface area contributed by atoms with Crippen molar-refractivity contribution in [3.8, 4) is 0 Å². The summed E-state index contributed by atoms with van der Waals surface area (Å²) in [5.41, 5.74) is 3.80. The van der Waals surface area contributed by atoms with Crippen LogP contribution in [0.1, 0.15) is 50.7 Å². The highest BCUT2D eigenvalue weighted by Crippen LogP contribution is 2.26. The van der Waals surface area contributed by atoms with Gasteiger partial charge in [0, 0.05) is 38.8 Å². The van der Waals surface area contributed by atoms with Crippen LogP contribution in [0, 0.1) is 24.5 Å². The summed E-state index contributed by atoms with van der Waals surface area (Å²) in [6.07, 6.45) is 6.43. The van der Waals surface area contributed by atoms with Gasteiger partial charge in [0.2, 0.25) is 5.95 Å². The zero-order chi connectivity index (χ0) is 30.3. The Kier molecular flexibility index (Phi) is 9.68. The topological polar surface area (TPSA) is 91.2 Å². The molecular formula is C32H40F2N8O. The largest absolute Gasteiger partial charge is 0.368 e. The van der Waals surface area contributed by atoms with Gasteiger partial charge in [-0.1, -0.05) is 62.9 Å². The Bertz CT molecular complexity index is 1550. The molecule has 228 valence electrons. The van der Waals surface area contributed by atoms with Crippen LogP contribution in [-0.2, 0) is 6.54 Å². The number of anilines is 3. The predicted octanol–water partition coefficient (Wildman–Crippen LogP) is 6.44. The predicted molar refractivity (Wildman–Crippen MR) is 167 cm³/mol. The highest BCUT2D eigenvalue weighted by Gasteiger charge is 2.25. The lowest BCUT2D eigenvalue weighted by Gasteiger charge is -2.34. The first-order chi connectivity index (χ1) is 20.8. The molecule has 0 aliphatic carbocycles. The number of urea groups is 1. The Hall–Kier alpha value is -4.28. The van der Waals surface area contributed by atoms with E-state index in [1.54, 1.807) is 4.90 Å². The Labute approximate surface area is 251 Å². The molecule has 0 bridgehead atoms. The summed E-state index contributed by atoms with van der Waals surface area (Å²) in [5.74, 6) is 0.324. The fraction of sp³-hybridized carbons (Fsp3) is 0.438. The smallest absolute Gasteiger partial charge is 0.322 e. The minimum atomic E-state index is -0.809. The number of aryl methyl sites for hydroxylation is 1. The number of fused-ring (bicyclic) bond motifs is 1. The van der Waals surface area contributed by atoms with Crippen molar-refractivity contribution in [2.45, 2.75) is 53.0 Å². The van der Waals surface area contributed by atoms with Crippen LogP contribution < -0.4 is 15.5 Å². The quantitative estimate of drug-likeness (QED) is 0.209. The first-order valence-corrected chi connectivity index (χ1v) is 15.1. The standard InChI is InChI=1S/C32H40F2N8O/c1-4-6-9-23(5-2)19-35-29-28-30(42(21-36-28)20-24-10-7-8-22(3)17-24)39-31(38-29)40-13-15-41(16-14-40)32(43)37-27-12-11-25(33)18-26(27)34/h7-8,10-12,17-18,21,23H,4-6,9,13-16,19-20H2,1-3H3,(H,37,43)(H,35,38,39).